The van der Waals surface area contributed by atoms with Crippen molar-refractivity contribution in [2.45, 2.75) is 52.1 Å². The summed E-state index contributed by atoms with van der Waals surface area (Å²) in [6, 6.07) is 4.78. The summed E-state index contributed by atoms with van der Waals surface area (Å²) in [5.74, 6) is 0.0938. The summed E-state index contributed by atoms with van der Waals surface area (Å²) in [5.41, 5.74) is 0.302. The lowest BCUT2D eigenvalue weighted by atomic mass is 10.0. The molecule has 0 aliphatic carbocycles. The van der Waals surface area contributed by atoms with Crippen LogP contribution in [0.2, 0.25) is 0 Å². The molecule has 190 valence electrons. The molecule has 0 spiro atoms. The van der Waals surface area contributed by atoms with Crippen LogP contribution in [0.3, 0.4) is 0 Å². The van der Waals surface area contributed by atoms with E-state index in [0.29, 0.717) is 23.6 Å². The summed E-state index contributed by atoms with van der Waals surface area (Å²) in [5, 5.41) is 2.96. The highest BCUT2D eigenvalue weighted by Gasteiger charge is 2.38. The van der Waals surface area contributed by atoms with Crippen LogP contribution in [0.25, 0.3) is 11.4 Å². The van der Waals surface area contributed by atoms with Crippen molar-refractivity contribution in [3.63, 3.8) is 0 Å². The SMILES string of the molecule is Cc1ccc(-c2ncccn2)c(C(=O)N2CC(C)OC(C)C2CNc2ncc(C(F)(F)F)c(C)n2)n1. The summed E-state index contributed by atoms with van der Waals surface area (Å²) >= 11 is 0. The quantitative estimate of drug-likeness (QED) is 0.564. The van der Waals surface area contributed by atoms with Gasteiger partial charge in [-0.25, -0.2) is 24.9 Å². The molecule has 4 rings (SSSR count). The first kappa shape index (κ1) is 25.4. The van der Waals surface area contributed by atoms with Crippen LogP contribution in [0.5, 0.6) is 0 Å². The number of hydrogen-bond donors (Lipinski definition) is 1. The Balaban J connectivity index is 1.61. The van der Waals surface area contributed by atoms with Gasteiger partial charge in [0.1, 0.15) is 5.69 Å². The Labute approximate surface area is 206 Å². The third-order valence-electron chi connectivity index (χ3n) is 5.90. The van der Waals surface area contributed by atoms with E-state index >= 15 is 0 Å². The van der Waals surface area contributed by atoms with Crippen molar-refractivity contribution in [1.29, 1.82) is 0 Å². The highest BCUT2D eigenvalue weighted by atomic mass is 19.4. The number of morpholine rings is 1. The molecule has 1 saturated heterocycles. The zero-order valence-electron chi connectivity index (χ0n) is 20.2. The van der Waals surface area contributed by atoms with Gasteiger partial charge in [0, 0.05) is 37.4 Å². The molecule has 4 heterocycles. The summed E-state index contributed by atoms with van der Waals surface area (Å²) in [4.78, 5) is 36.3. The van der Waals surface area contributed by atoms with Crippen LogP contribution < -0.4 is 5.32 Å². The second-order valence-corrected chi connectivity index (χ2v) is 8.67. The molecule has 1 fully saturated rings. The van der Waals surface area contributed by atoms with E-state index in [0.717, 1.165) is 6.20 Å². The summed E-state index contributed by atoms with van der Waals surface area (Å²) < 4.78 is 45.1. The third kappa shape index (κ3) is 5.43. The minimum atomic E-state index is -4.53. The lowest BCUT2D eigenvalue weighted by Gasteiger charge is -2.42. The average molecular weight is 502 g/mol. The molecule has 9 nitrogen and oxygen atoms in total. The van der Waals surface area contributed by atoms with Gasteiger partial charge in [-0.2, -0.15) is 13.2 Å². The normalized spacial score (nSPS) is 20.3. The molecule has 1 aliphatic rings. The molecule has 3 atom stereocenters. The van der Waals surface area contributed by atoms with Gasteiger partial charge in [-0.05, 0) is 45.9 Å². The Bertz CT molecular complexity index is 1240. The molecule has 3 aromatic rings. The number of amides is 1. The van der Waals surface area contributed by atoms with Crippen LogP contribution in [0, 0.1) is 13.8 Å². The van der Waals surface area contributed by atoms with Crippen molar-refractivity contribution < 1.29 is 22.7 Å². The molecule has 3 aromatic heterocycles. The van der Waals surface area contributed by atoms with Gasteiger partial charge in [0.05, 0.1) is 35.1 Å². The van der Waals surface area contributed by atoms with Crippen molar-refractivity contribution in [1.82, 2.24) is 29.8 Å². The number of aryl methyl sites for hydroxylation is 2. The summed E-state index contributed by atoms with van der Waals surface area (Å²) in [6.07, 6.45) is -1.20. The van der Waals surface area contributed by atoms with Gasteiger partial charge >= 0.3 is 6.18 Å². The van der Waals surface area contributed by atoms with Gasteiger partial charge in [0.15, 0.2) is 5.82 Å². The van der Waals surface area contributed by atoms with Crippen LogP contribution in [0.15, 0.2) is 36.8 Å². The number of aromatic nitrogens is 5. The molecular weight excluding hydrogens is 475 g/mol. The van der Waals surface area contributed by atoms with Gasteiger partial charge in [-0.1, -0.05) is 0 Å². The number of alkyl halides is 3. The molecule has 36 heavy (non-hydrogen) atoms. The zero-order chi connectivity index (χ0) is 26.0. The smallest absolute Gasteiger partial charge is 0.372 e. The first-order chi connectivity index (χ1) is 17.0. The van der Waals surface area contributed by atoms with Crippen LogP contribution in [0.4, 0.5) is 19.1 Å². The molecule has 12 heteroatoms. The van der Waals surface area contributed by atoms with E-state index in [1.54, 1.807) is 42.4 Å². The van der Waals surface area contributed by atoms with Gasteiger partial charge < -0.3 is 15.0 Å². The lowest BCUT2D eigenvalue weighted by molar-refractivity contribution is -0.138. The number of carbonyl (C=O) groups excluding carboxylic acids is 1. The molecule has 0 saturated carbocycles. The Morgan fingerprint density at radius 3 is 2.53 bits per heavy atom. The number of anilines is 1. The highest BCUT2D eigenvalue weighted by Crippen LogP contribution is 2.31. The second kappa shape index (κ2) is 10.1. The standard InChI is InChI=1S/C24H26F3N7O2/c1-13-6-7-17(21-28-8-5-9-29-21)20(32-13)22(35)34-12-14(2)36-16(4)19(34)11-31-23-30-10-18(15(3)33-23)24(25,26)27/h5-10,14,16,19H,11-12H2,1-4H3,(H,30,31,33). The van der Waals surface area contributed by atoms with Crippen molar-refractivity contribution >= 4 is 11.9 Å². The predicted octanol–water partition coefficient (Wildman–Crippen LogP) is 3.69. The monoisotopic (exact) mass is 501 g/mol. The molecule has 3 unspecified atom stereocenters. The highest BCUT2D eigenvalue weighted by molar-refractivity contribution is 5.98. The van der Waals surface area contributed by atoms with Crippen molar-refractivity contribution in [2.75, 3.05) is 18.4 Å². The predicted molar refractivity (Wildman–Crippen MR) is 125 cm³/mol. The lowest BCUT2D eigenvalue weighted by Crippen LogP contribution is -2.58. The number of halogens is 3. The maximum absolute atomic E-state index is 13.8. The average Bonchev–Trinajstić information content (AvgIpc) is 2.82. The number of ether oxygens (including phenoxy) is 1. The van der Waals surface area contributed by atoms with Crippen LogP contribution >= 0.6 is 0 Å². The van der Waals surface area contributed by atoms with Crippen molar-refractivity contribution in [2.24, 2.45) is 0 Å². The number of nitrogens with one attached hydrogen (secondary N) is 1. The van der Waals surface area contributed by atoms with Crippen LogP contribution in [-0.4, -0.2) is 67.1 Å². The third-order valence-corrected chi connectivity index (χ3v) is 5.90. The Morgan fingerprint density at radius 1 is 1.14 bits per heavy atom. The van der Waals surface area contributed by atoms with Crippen LogP contribution in [0.1, 0.15) is 41.3 Å². The van der Waals surface area contributed by atoms with Gasteiger partial charge in [0.25, 0.3) is 5.91 Å². The largest absolute Gasteiger partial charge is 0.419 e. The number of pyridine rings is 1. The van der Waals surface area contributed by atoms with E-state index in [2.05, 4.69) is 30.2 Å². The maximum Gasteiger partial charge on any atom is 0.419 e. The van der Waals surface area contributed by atoms with Crippen molar-refractivity contribution in [3.05, 3.63) is 59.4 Å². The van der Waals surface area contributed by atoms with E-state index in [1.807, 2.05) is 13.8 Å². The summed E-state index contributed by atoms with van der Waals surface area (Å²) in [6.45, 7) is 7.23. The van der Waals surface area contributed by atoms with Gasteiger partial charge in [0.2, 0.25) is 5.95 Å². The van der Waals surface area contributed by atoms with Gasteiger partial charge in [-0.3, -0.25) is 4.79 Å². The molecule has 0 aromatic carbocycles. The number of nitrogens with zero attached hydrogens (tertiary/aromatic N) is 6. The first-order valence-electron chi connectivity index (χ1n) is 11.4. The molecule has 1 N–H and O–H groups in total. The second-order valence-electron chi connectivity index (χ2n) is 8.67. The number of rotatable bonds is 5. The minimum Gasteiger partial charge on any atom is -0.372 e. The molecular formula is C24H26F3N7O2. The number of hydrogen-bond acceptors (Lipinski definition) is 8. The zero-order valence-corrected chi connectivity index (χ0v) is 20.2. The van der Waals surface area contributed by atoms with E-state index in [1.165, 1.54) is 6.92 Å². The van der Waals surface area contributed by atoms with Gasteiger partial charge in [-0.15, -0.1) is 0 Å². The van der Waals surface area contributed by atoms with Crippen molar-refractivity contribution in [3.8, 4) is 11.4 Å². The van der Waals surface area contributed by atoms with Crippen LogP contribution in [-0.2, 0) is 10.9 Å². The first-order valence-corrected chi connectivity index (χ1v) is 11.4. The number of carbonyl (C=O) groups is 1. The fourth-order valence-electron chi connectivity index (χ4n) is 4.18. The van der Waals surface area contributed by atoms with E-state index in [4.69, 9.17) is 4.74 Å². The minimum absolute atomic E-state index is 0.0331. The Morgan fingerprint density at radius 2 is 1.86 bits per heavy atom. The molecule has 1 aliphatic heterocycles. The fourth-order valence-corrected chi connectivity index (χ4v) is 4.18. The van der Waals surface area contributed by atoms with E-state index < -0.39 is 17.8 Å². The Hall–Kier alpha value is -3.67. The Kier molecular flexibility index (Phi) is 7.16. The maximum atomic E-state index is 13.8. The molecule has 1 amide bonds. The topological polar surface area (TPSA) is 106 Å². The van der Waals surface area contributed by atoms with E-state index in [-0.39, 0.29) is 42.0 Å². The van der Waals surface area contributed by atoms with E-state index in [9.17, 15) is 18.0 Å². The summed E-state index contributed by atoms with van der Waals surface area (Å²) in [7, 11) is 0. The fraction of sp³-hybridized carbons (Fsp3) is 0.417. The molecule has 0 radical (unpaired) electrons. The molecule has 0 bridgehead atoms.